The molecular formula is C10H5ClIN5. The van der Waals surface area contributed by atoms with Crippen molar-refractivity contribution in [1.82, 2.24) is 24.6 Å². The highest BCUT2D eigenvalue weighted by Gasteiger charge is 2.14. The average Bonchev–Trinajstić information content (AvgIpc) is 2.64. The van der Waals surface area contributed by atoms with Crippen molar-refractivity contribution in [3.05, 3.63) is 39.7 Å². The molecule has 5 nitrogen and oxygen atoms in total. The highest BCUT2D eigenvalue weighted by molar-refractivity contribution is 14.1. The molecule has 3 rings (SSSR count). The Bertz CT molecular complexity index is 696. The van der Waals surface area contributed by atoms with Crippen LogP contribution in [0.25, 0.3) is 16.9 Å². The molecule has 0 aliphatic rings. The van der Waals surface area contributed by atoms with Gasteiger partial charge < -0.3 is 0 Å². The molecular weight excluding hydrogens is 353 g/mol. The van der Waals surface area contributed by atoms with E-state index in [-0.39, 0.29) is 0 Å². The maximum absolute atomic E-state index is 5.86. The van der Waals surface area contributed by atoms with Gasteiger partial charge >= 0.3 is 0 Å². The van der Waals surface area contributed by atoms with Crippen molar-refractivity contribution in [3.8, 4) is 11.3 Å². The number of fused-ring (bicyclic) bond motifs is 1. The van der Waals surface area contributed by atoms with Gasteiger partial charge in [0.1, 0.15) is 15.2 Å². The first kappa shape index (κ1) is 10.8. The lowest BCUT2D eigenvalue weighted by atomic mass is 10.2. The first-order chi connectivity index (χ1) is 8.25. The lowest BCUT2D eigenvalue weighted by molar-refractivity contribution is 0.926. The van der Waals surface area contributed by atoms with Crippen LogP contribution in [0.15, 0.2) is 30.9 Å². The highest BCUT2D eigenvalue weighted by atomic mass is 127. The fraction of sp³-hybridized carbons (Fsp3) is 0. The van der Waals surface area contributed by atoms with E-state index in [1.165, 1.54) is 6.33 Å². The molecule has 3 aromatic rings. The molecule has 0 bridgehead atoms. The van der Waals surface area contributed by atoms with Crippen LogP contribution in [0, 0.1) is 3.70 Å². The van der Waals surface area contributed by atoms with Crippen molar-refractivity contribution in [3.63, 3.8) is 0 Å². The van der Waals surface area contributed by atoms with E-state index in [4.69, 9.17) is 11.6 Å². The minimum Gasteiger partial charge on any atom is -0.236 e. The lowest BCUT2D eigenvalue weighted by Crippen LogP contribution is -1.89. The zero-order chi connectivity index (χ0) is 11.8. The fourth-order valence-electron chi connectivity index (χ4n) is 1.55. The number of hydrogen-bond donors (Lipinski definition) is 0. The molecule has 0 atom stereocenters. The Morgan fingerprint density at radius 3 is 2.94 bits per heavy atom. The van der Waals surface area contributed by atoms with Crippen LogP contribution < -0.4 is 0 Å². The standard InChI is InChI=1S/C10H5ClIN5/c11-7-4-6(14-5-15-7)8-9(12)16-17-3-1-2-13-10(8)17/h1-5H. The first-order valence-corrected chi connectivity index (χ1v) is 6.18. The van der Waals surface area contributed by atoms with Crippen LogP contribution in [0.4, 0.5) is 0 Å². The van der Waals surface area contributed by atoms with Crippen LogP contribution in [0.3, 0.4) is 0 Å². The molecule has 0 N–H and O–H groups in total. The van der Waals surface area contributed by atoms with Crippen LogP contribution in [-0.4, -0.2) is 24.6 Å². The summed E-state index contributed by atoms with van der Waals surface area (Å²) in [4.78, 5) is 12.4. The smallest absolute Gasteiger partial charge is 0.165 e. The molecule has 0 aliphatic heterocycles. The summed E-state index contributed by atoms with van der Waals surface area (Å²) in [6, 6.07) is 3.53. The highest BCUT2D eigenvalue weighted by Crippen LogP contribution is 2.27. The minimum atomic E-state index is 0.404. The predicted molar refractivity (Wildman–Crippen MR) is 71.7 cm³/mol. The summed E-state index contributed by atoms with van der Waals surface area (Å²) in [7, 11) is 0. The molecule has 3 aromatic heterocycles. The summed E-state index contributed by atoms with van der Waals surface area (Å²) in [5.41, 5.74) is 2.35. The molecule has 0 saturated heterocycles. The number of aromatic nitrogens is 5. The Kier molecular flexibility index (Phi) is 2.67. The monoisotopic (exact) mass is 357 g/mol. The van der Waals surface area contributed by atoms with E-state index >= 15 is 0 Å². The number of hydrogen-bond acceptors (Lipinski definition) is 4. The molecule has 0 fully saturated rings. The predicted octanol–water partition coefficient (Wildman–Crippen LogP) is 2.44. The maximum Gasteiger partial charge on any atom is 0.165 e. The van der Waals surface area contributed by atoms with Crippen molar-refractivity contribution in [2.75, 3.05) is 0 Å². The van der Waals surface area contributed by atoms with Gasteiger partial charge in [-0.15, -0.1) is 0 Å². The third-order valence-corrected chi connectivity index (χ3v) is 3.20. The van der Waals surface area contributed by atoms with Crippen molar-refractivity contribution in [2.45, 2.75) is 0 Å². The van der Waals surface area contributed by atoms with Gasteiger partial charge in [-0.3, -0.25) is 0 Å². The molecule has 17 heavy (non-hydrogen) atoms. The summed E-state index contributed by atoms with van der Waals surface area (Å²) in [5, 5.41) is 4.76. The maximum atomic E-state index is 5.86. The van der Waals surface area contributed by atoms with E-state index in [1.807, 2.05) is 12.3 Å². The Morgan fingerprint density at radius 2 is 2.12 bits per heavy atom. The van der Waals surface area contributed by atoms with E-state index in [0.29, 0.717) is 5.15 Å². The van der Waals surface area contributed by atoms with E-state index in [0.717, 1.165) is 20.6 Å². The summed E-state index contributed by atoms with van der Waals surface area (Å²) >= 11 is 8.02. The zero-order valence-corrected chi connectivity index (χ0v) is 11.3. The van der Waals surface area contributed by atoms with Gasteiger partial charge in [-0.05, 0) is 28.7 Å². The van der Waals surface area contributed by atoms with Crippen LogP contribution >= 0.6 is 34.2 Å². The largest absolute Gasteiger partial charge is 0.236 e. The van der Waals surface area contributed by atoms with Gasteiger partial charge in [0.05, 0.1) is 11.3 Å². The number of rotatable bonds is 1. The van der Waals surface area contributed by atoms with Gasteiger partial charge in [0.15, 0.2) is 5.65 Å². The third kappa shape index (κ3) is 1.87. The third-order valence-electron chi connectivity index (χ3n) is 2.24. The van der Waals surface area contributed by atoms with Crippen molar-refractivity contribution in [1.29, 1.82) is 0 Å². The van der Waals surface area contributed by atoms with Crippen LogP contribution in [0.2, 0.25) is 5.15 Å². The summed E-state index contributed by atoms with van der Waals surface area (Å²) in [5.74, 6) is 0. The quantitative estimate of drug-likeness (QED) is 0.496. The van der Waals surface area contributed by atoms with E-state index < -0.39 is 0 Å². The molecule has 0 saturated carbocycles. The second kappa shape index (κ2) is 4.19. The molecule has 3 heterocycles. The average molecular weight is 358 g/mol. The number of nitrogens with zero attached hydrogens (tertiary/aromatic N) is 5. The molecule has 0 aromatic carbocycles. The Hall–Kier alpha value is -1.28. The van der Waals surface area contributed by atoms with Crippen molar-refractivity contribution in [2.24, 2.45) is 0 Å². The van der Waals surface area contributed by atoms with E-state index in [9.17, 15) is 0 Å². The summed E-state index contributed by atoms with van der Waals surface area (Å²) < 4.78 is 2.55. The Balaban J connectivity index is 2.33. The van der Waals surface area contributed by atoms with Gasteiger partial charge in [0.2, 0.25) is 0 Å². The molecule has 7 heteroatoms. The fourth-order valence-corrected chi connectivity index (χ4v) is 2.45. The second-order valence-corrected chi connectivity index (χ2v) is 4.69. The van der Waals surface area contributed by atoms with E-state index in [1.54, 1.807) is 16.8 Å². The Labute approximate surface area is 115 Å². The van der Waals surface area contributed by atoms with Gasteiger partial charge in [-0.2, -0.15) is 5.10 Å². The molecule has 84 valence electrons. The summed E-state index contributed by atoms with van der Waals surface area (Å²) in [6.07, 6.45) is 5.00. The SMILES string of the molecule is Clc1cc(-c2c(I)nn3cccnc23)ncn1. The van der Waals surface area contributed by atoms with Crippen LogP contribution in [0.1, 0.15) is 0 Å². The van der Waals surface area contributed by atoms with Gasteiger partial charge in [-0.1, -0.05) is 11.6 Å². The molecule has 0 amide bonds. The first-order valence-electron chi connectivity index (χ1n) is 4.72. The zero-order valence-electron chi connectivity index (χ0n) is 8.38. The van der Waals surface area contributed by atoms with Gasteiger partial charge in [0.25, 0.3) is 0 Å². The number of halogens is 2. The van der Waals surface area contributed by atoms with Crippen LogP contribution in [0.5, 0.6) is 0 Å². The normalized spacial score (nSPS) is 10.9. The van der Waals surface area contributed by atoms with Gasteiger partial charge in [0, 0.05) is 18.5 Å². The lowest BCUT2D eigenvalue weighted by Gasteiger charge is -1.98. The molecule has 0 radical (unpaired) electrons. The van der Waals surface area contributed by atoms with Gasteiger partial charge in [-0.25, -0.2) is 19.5 Å². The van der Waals surface area contributed by atoms with Crippen molar-refractivity contribution >= 4 is 39.8 Å². The van der Waals surface area contributed by atoms with Crippen molar-refractivity contribution < 1.29 is 0 Å². The van der Waals surface area contributed by atoms with E-state index in [2.05, 4.69) is 42.6 Å². The molecule has 0 aliphatic carbocycles. The summed E-state index contributed by atoms with van der Waals surface area (Å²) in [6.45, 7) is 0. The topological polar surface area (TPSA) is 56.0 Å². The minimum absolute atomic E-state index is 0.404. The molecule has 0 unspecified atom stereocenters. The Morgan fingerprint density at radius 1 is 1.24 bits per heavy atom. The second-order valence-electron chi connectivity index (χ2n) is 3.28. The van der Waals surface area contributed by atoms with Crippen LogP contribution in [-0.2, 0) is 0 Å². The molecule has 0 spiro atoms.